The fraction of sp³-hybridized carbons (Fsp3) is 0.611. The number of nitrogens with zero attached hydrogens (tertiary/aromatic N) is 1. The van der Waals surface area contributed by atoms with Crippen molar-refractivity contribution >= 4 is 5.96 Å². The van der Waals surface area contributed by atoms with Crippen LogP contribution in [0.25, 0.3) is 0 Å². The lowest BCUT2D eigenvalue weighted by Crippen LogP contribution is -2.45. The molecule has 0 bridgehead atoms. The molecule has 0 saturated heterocycles. The van der Waals surface area contributed by atoms with E-state index in [1.807, 2.05) is 26.8 Å². The van der Waals surface area contributed by atoms with Crippen molar-refractivity contribution < 1.29 is 18.9 Å². The maximum absolute atomic E-state index is 5.45. The lowest BCUT2D eigenvalue weighted by molar-refractivity contribution is 0.0268. The molecule has 0 amide bonds. The molecule has 0 aliphatic heterocycles. The number of benzene rings is 1. The van der Waals surface area contributed by atoms with Crippen molar-refractivity contribution in [1.29, 1.82) is 0 Å². The SMILES string of the molecule is CCNC(=NCc1cc(OC)c(OC)cc1OC)NCC(C)(C)OC. The van der Waals surface area contributed by atoms with Gasteiger partial charge in [-0.3, -0.25) is 0 Å². The topological polar surface area (TPSA) is 73.3 Å². The summed E-state index contributed by atoms with van der Waals surface area (Å²) in [5, 5.41) is 6.51. The average molecular weight is 353 g/mol. The molecule has 0 aromatic heterocycles. The summed E-state index contributed by atoms with van der Waals surface area (Å²) in [6.07, 6.45) is 0. The van der Waals surface area contributed by atoms with Crippen molar-refractivity contribution in [2.75, 3.05) is 41.5 Å². The van der Waals surface area contributed by atoms with Gasteiger partial charge in [-0.2, -0.15) is 0 Å². The highest BCUT2D eigenvalue weighted by molar-refractivity contribution is 5.79. The highest BCUT2D eigenvalue weighted by Crippen LogP contribution is 2.34. The summed E-state index contributed by atoms with van der Waals surface area (Å²) in [4.78, 5) is 4.62. The van der Waals surface area contributed by atoms with Crippen LogP contribution >= 0.6 is 0 Å². The Kier molecular flexibility index (Phi) is 8.34. The largest absolute Gasteiger partial charge is 0.496 e. The van der Waals surface area contributed by atoms with Gasteiger partial charge in [0.2, 0.25) is 0 Å². The van der Waals surface area contributed by atoms with E-state index >= 15 is 0 Å². The quantitative estimate of drug-likeness (QED) is 0.524. The monoisotopic (exact) mass is 353 g/mol. The Bertz CT molecular complexity index is 574. The molecule has 0 radical (unpaired) electrons. The molecule has 1 rings (SSSR count). The smallest absolute Gasteiger partial charge is 0.191 e. The highest BCUT2D eigenvalue weighted by Gasteiger charge is 2.17. The molecular formula is C18H31N3O4. The number of methoxy groups -OCH3 is 4. The molecular weight excluding hydrogens is 322 g/mol. The summed E-state index contributed by atoms with van der Waals surface area (Å²) >= 11 is 0. The standard InChI is InChI=1S/C18H31N3O4/c1-8-19-17(21-12-18(2,3)25-7)20-11-13-9-15(23-5)16(24-6)10-14(13)22-4/h9-10H,8,11-12H2,1-7H3,(H2,19,20,21). The van der Waals surface area contributed by atoms with Crippen LogP contribution in [0.1, 0.15) is 26.3 Å². The fourth-order valence-corrected chi connectivity index (χ4v) is 2.09. The molecule has 0 spiro atoms. The van der Waals surface area contributed by atoms with Crippen LogP contribution in [-0.2, 0) is 11.3 Å². The third-order valence-corrected chi connectivity index (χ3v) is 3.77. The van der Waals surface area contributed by atoms with Gasteiger partial charge < -0.3 is 29.6 Å². The lowest BCUT2D eigenvalue weighted by atomic mass is 10.1. The first-order valence-corrected chi connectivity index (χ1v) is 8.27. The molecule has 2 N–H and O–H groups in total. The Morgan fingerprint density at radius 2 is 1.56 bits per heavy atom. The second kappa shape index (κ2) is 9.98. The predicted octanol–water partition coefficient (Wildman–Crippen LogP) is 2.19. The summed E-state index contributed by atoms with van der Waals surface area (Å²) in [6.45, 7) is 7.89. The number of rotatable bonds is 9. The number of nitrogens with one attached hydrogen (secondary N) is 2. The minimum atomic E-state index is -0.281. The summed E-state index contributed by atoms with van der Waals surface area (Å²) < 4.78 is 21.5. The van der Waals surface area contributed by atoms with Crippen molar-refractivity contribution in [2.45, 2.75) is 32.9 Å². The number of aliphatic imine (C=N–C) groups is 1. The van der Waals surface area contributed by atoms with Crippen LogP contribution in [0.5, 0.6) is 17.2 Å². The number of guanidine groups is 1. The summed E-state index contributed by atoms with van der Waals surface area (Å²) in [6, 6.07) is 3.68. The van der Waals surface area contributed by atoms with Gasteiger partial charge >= 0.3 is 0 Å². The molecule has 0 fully saturated rings. The molecule has 0 unspecified atom stereocenters. The molecule has 0 aliphatic rings. The van der Waals surface area contributed by atoms with Gasteiger partial charge in [-0.1, -0.05) is 0 Å². The third-order valence-electron chi connectivity index (χ3n) is 3.77. The molecule has 0 atom stereocenters. The van der Waals surface area contributed by atoms with E-state index in [1.54, 1.807) is 34.5 Å². The second-order valence-electron chi connectivity index (χ2n) is 6.03. The van der Waals surface area contributed by atoms with Gasteiger partial charge in [0.15, 0.2) is 17.5 Å². The summed E-state index contributed by atoms with van der Waals surface area (Å²) in [7, 11) is 6.52. The Balaban J connectivity index is 2.97. The van der Waals surface area contributed by atoms with E-state index in [4.69, 9.17) is 18.9 Å². The Hall–Kier alpha value is -2.15. The highest BCUT2D eigenvalue weighted by atomic mass is 16.5. The molecule has 142 valence electrons. The molecule has 1 aromatic carbocycles. The van der Waals surface area contributed by atoms with Crippen LogP contribution < -0.4 is 24.8 Å². The lowest BCUT2D eigenvalue weighted by Gasteiger charge is -2.24. The van der Waals surface area contributed by atoms with Crippen LogP contribution in [0.15, 0.2) is 17.1 Å². The van der Waals surface area contributed by atoms with Gasteiger partial charge in [-0.05, 0) is 26.8 Å². The zero-order chi connectivity index (χ0) is 18.9. The van der Waals surface area contributed by atoms with E-state index in [9.17, 15) is 0 Å². The Morgan fingerprint density at radius 1 is 0.960 bits per heavy atom. The van der Waals surface area contributed by atoms with Crippen LogP contribution in [0.3, 0.4) is 0 Å². The van der Waals surface area contributed by atoms with Gasteiger partial charge in [0.25, 0.3) is 0 Å². The molecule has 0 aliphatic carbocycles. The van der Waals surface area contributed by atoms with E-state index < -0.39 is 0 Å². The van der Waals surface area contributed by atoms with Crippen molar-refractivity contribution in [2.24, 2.45) is 4.99 Å². The first-order chi connectivity index (χ1) is 11.9. The van der Waals surface area contributed by atoms with E-state index in [1.165, 1.54) is 0 Å². The first-order valence-electron chi connectivity index (χ1n) is 8.27. The number of hydrogen-bond donors (Lipinski definition) is 2. The molecule has 0 heterocycles. The van der Waals surface area contributed by atoms with Crippen LogP contribution in [0.2, 0.25) is 0 Å². The van der Waals surface area contributed by atoms with Crippen molar-refractivity contribution in [3.8, 4) is 17.2 Å². The van der Waals surface area contributed by atoms with Crippen LogP contribution in [-0.4, -0.2) is 53.1 Å². The van der Waals surface area contributed by atoms with Crippen molar-refractivity contribution in [1.82, 2.24) is 10.6 Å². The van der Waals surface area contributed by atoms with E-state index in [0.29, 0.717) is 36.3 Å². The number of ether oxygens (including phenoxy) is 4. The van der Waals surface area contributed by atoms with Gasteiger partial charge in [0.1, 0.15) is 5.75 Å². The molecule has 7 heteroatoms. The summed E-state index contributed by atoms with van der Waals surface area (Å²) in [5.74, 6) is 2.69. The van der Waals surface area contributed by atoms with Gasteiger partial charge in [0, 0.05) is 31.8 Å². The van der Waals surface area contributed by atoms with Gasteiger partial charge in [0.05, 0.1) is 33.5 Å². The molecule has 25 heavy (non-hydrogen) atoms. The normalized spacial score (nSPS) is 11.9. The zero-order valence-corrected chi connectivity index (χ0v) is 16.4. The zero-order valence-electron chi connectivity index (χ0n) is 16.4. The Morgan fingerprint density at radius 3 is 2.08 bits per heavy atom. The third kappa shape index (κ3) is 6.34. The first kappa shape index (κ1) is 20.9. The van der Waals surface area contributed by atoms with Crippen LogP contribution in [0.4, 0.5) is 0 Å². The Labute approximate surface area is 150 Å². The van der Waals surface area contributed by atoms with E-state index in [-0.39, 0.29) is 5.60 Å². The van der Waals surface area contributed by atoms with Gasteiger partial charge in [-0.25, -0.2) is 4.99 Å². The maximum Gasteiger partial charge on any atom is 0.191 e. The van der Waals surface area contributed by atoms with E-state index in [2.05, 4.69) is 15.6 Å². The minimum Gasteiger partial charge on any atom is -0.496 e. The molecule has 0 saturated carbocycles. The number of hydrogen-bond acceptors (Lipinski definition) is 5. The maximum atomic E-state index is 5.45. The van der Waals surface area contributed by atoms with Crippen LogP contribution in [0, 0.1) is 0 Å². The van der Waals surface area contributed by atoms with E-state index in [0.717, 1.165) is 12.1 Å². The van der Waals surface area contributed by atoms with Crippen molar-refractivity contribution in [3.63, 3.8) is 0 Å². The molecule has 7 nitrogen and oxygen atoms in total. The minimum absolute atomic E-state index is 0.281. The molecule has 1 aromatic rings. The predicted molar refractivity (Wildman–Crippen MR) is 100 cm³/mol. The van der Waals surface area contributed by atoms with Gasteiger partial charge in [-0.15, -0.1) is 0 Å². The fourth-order valence-electron chi connectivity index (χ4n) is 2.09. The average Bonchev–Trinajstić information content (AvgIpc) is 2.63. The second-order valence-corrected chi connectivity index (χ2v) is 6.03. The van der Waals surface area contributed by atoms with Crippen molar-refractivity contribution in [3.05, 3.63) is 17.7 Å². The summed E-state index contributed by atoms with van der Waals surface area (Å²) in [5.41, 5.74) is 0.625.